The molecule has 5 heteroatoms. The second kappa shape index (κ2) is 7.70. The van der Waals surface area contributed by atoms with Gasteiger partial charge in [0, 0.05) is 24.6 Å². The van der Waals surface area contributed by atoms with Gasteiger partial charge in [-0.05, 0) is 44.0 Å². The Hall–Kier alpha value is -2.33. The fourth-order valence-electron chi connectivity index (χ4n) is 3.10. The van der Waals surface area contributed by atoms with Crippen molar-refractivity contribution in [3.8, 4) is 0 Å². The highest BCUT2D eigenvalue weighted by atomic mass is 35.5. The summed E-state index contributed by atoms with van der Waals surface area (Å²) in [5, 5.41) is 3.42. The lowest BCUT2D eigenvalue weighted by Crippen LogP contribution is -2.41. The third-order valence-corrected chi connectivity index (χ3v) is 4.88. The standard InChI is InChI=1S/C20H21ClN2O2/c1-14-5-4-6-16(13-14)20(25)23-11-9-15(10-12-23)19(24)22-18-8-3-2-7-17(18)21/h2-8,13,15H,9-12H2,1H3,(H,22,24). The van der Waals surface area contributed by atoms with Crippen LogP contribution in [0.2, 0.25) is 5.02 Å². The highest BCUT2D eigenvalue weighted by Crippen LogP contribution is 2.24. The number of amides is 2. The minimum absolute atomic E-state index is 0.0317. The summed E-state index contributed by atoms with van der Waals surface area (Å²) in [5.41, 5.74) is 2.41. The van der Waals surface area contributed by atoms with E-state index in [2.05, 4.69) is 5.32 Å². The van der Waals surface area contributed by atoms with Crippen molar-refractivity contribution in [3.63, 3.8) is 0 Å². The Morgan fingerprint density at radius 3 is 2.48 bits per heavy atom. The number of piperidine rings is 1. The molecule has 1 saturated heterocycles. The summed E-state index contributed by atoms with van der Waals surface area (Å²) in [4.78, 5) is 26.8. The van der Waals surface area contributed by atoms with Crippen LogP contribution >= 0.6 is 11.6 Å². The lowest BCUT2D eigenvalue weighted by atomic mass is 9.95. The van der Waals surface area contributed by atoms with E-state index < -0.39 is 0 Å². The predicted octanol–water partition coefficient (Wildman–Crippen LogP) is 4.14. The zero-order valence-electron chi connectivity index (χ0n) is 14.2. The summed E-state index contributed by atoms with van der Waals surface area (Å²) < 4.78 is 0. The molecule has 3 rings (SSSR count). The molecule has 0 bridgehead atoms. The predicted molar refractivity (Wildman–Crippen MR) is 99.9 cm³/mol. The number of nitrogens with zero attached hydrogens (tertiary/aromatic N) is 1. The maximum atomic E-state index is 12.6. The van der Waals surface area contributed by atoms with Gasteiger partial charge in [-0.15, -0.1) is 0 Å². The minimum Gasteiger partial charge on any atom is -0.339 e. The van der Waals surface area contributed by atoms with Gasteiger partial charge in [0.05, 0.1) is 10.7 Å². The molecule has 0 spiro atoms. The van der Waals surface area contributed by atoms with Gasteiger partial charge in [0.15, 0.2) is 0 Å². The number of benzene rings is 2. The lowest BCUT2D eigenvalue weighted by molar-refractivity contribution is -0.121. The molecule has 1 N–H and O–H groups in total. The molecule has 130 valence electrons. The maximum absolute atomic E-state index is 12.6. The van der Waals surface area contributed by atoms with E-state index >= 15 is 0 Å². The van der Waals surface area contributed by atoms with Gasteiger partial charge in [-0.1, -0.05) is 41.4 Å². The number of halogens is 1. The van der Waals surface area contributed by atoms with Crippen LogP contribution in [-0.4, -0.2) is 29.8 Å². The Balaban J connectivity index is 1.57. The Morgan fingerprint density at radius 2 is 1.80 bits per heavy atom. The number of carbonyl (C=O) groups excluding carboxylic acids is 2. The topological polar surface area (TPSA) is 49.4 Å². The van der Waals surface area contributed by atoms with Crippen molar-refractivity contribution >= 4 is 29.1 Å². The fourth-order valence-corrected chi connectivity index (χ4v) is 3.29. The summed E-state index contributed by atoms with van der Waals surface area (Å²) in [5.74, 6) is -0.0951. The minimum atomic E-state index is -0.0992. The highest BCUT2D eigenvalue weighted by Gasteiger charge is 2.28. The van der Waals surface area contributed by atoms with Gasteiger partial charge in [0.1, 0.15) is 0 Å². The van der Waals surface area contributed by atoms with Crippen LogP contribution in [0.5, 0.6) is 0 Å². The molecule has 2 amide bonds. The van der Waals surface area contributed by atoms with Gasteiger partial charge < -0.3 is 10.2 Å². The first-order valence-corrected chi connectivity index (χ1v) is 8.84. The SMILES string of the molecule is Cc1cccc(C(=O)N2CCC(C(=O)Nc3ccccc3Cl)CC2)c1. The second-order valence-electron chi connectivity index (χ2n) is 6.41. The van der Waals surface area contributed by atoms with Crippen molar-refractivity contribution in [2.75, 3.05) is 18.4 Å². The van der Waals surface area contributed by atoms with Crippen LogP contribution in [0.1, 0.15) is 28.8 Å². The molecular weight excluding hydrogens is 336 g/mol. The largest absolute Gasteiger partial charge is 0.339 e. The summed E-state index contributed by atoms with van der Waals surface area (Å²) >= 11 is 6.08. The Kier molecular flexibility index (Phi) is 5.39. The van der Waals surface area contributed by atoms with Crippen LogP contribution in [0.4, 0.5) is 5.69 Å². The number of para-hydroxylation sites is 1. The molecule has 0 radical (unpaired) electrons. The van der Waals surface area contributed by atoms with Crippen molar-refractivity contribution in [1.29, 1.82) is 0 Å². The van der Waals surface area contributed by atoms with Crippen molar-refractivity contribution in [2.24, 2.45) is 5.92 Å². The van der Waals surface area contributed by atoms with E-state index in [1.165, 1.54) is 0 Å². The Morgan fingerprint density at radius 1 is 1.08 bits per heavy atom. The number of hydrogen-bond acceptors (Lipinski definition) is 2. The molecule has 0 atom stereocenters. The summed E-state index contributed by atoms with van der Waals surface area (Å²) in [7, 11) is 0. The van der Waals surface area contributed by atoms with Crippen molar-refractivity contribution in [1.82, 2.24) is 4.90 Å². The van der Waals surface area contributed by atoms with E-state index in [1.54, 1.807) is 12.1 Å². The van der Waals surface area contributed by atoms with Crippen LogP contribution in [0.15, 0.2) is 48.5 Å². The Bertz CT molecular complexity index is 783. The first-order chi connectivity index (χ1) is 12.0. The first-order valence-electron chi connectivity index (χ1n) is 8.46. The van der Waals surface area contributed by atoms with E-state index in [4.69, 9.17) is 11.6 Å². The van der Waals surface area contributed by atoms with Crippen molar-refractivity contribution in [2.45, 2.75) is 19.8 Å². The monoisotopic (exact) mass is 356 g/mol. The van der Waals surface area contributed by atoms with Gasteiger partial charge in [0.2, 0.25) is 5.91 Å². The summed E-state index contributed by atoms with van der Waals surface area (Å²) in [6.07, 6.45) is 1.32. The van der Waals surface area contributed by atoms with E-state index in [1.807, 2.05) is 48.2 Å². The molecule has 0 saturated carbocycles. The normalized spacial score (nSPS) is 15.0. The molecule has 25 heavy (non-hydrogen) atoms. The molecule has 4 nitrogen and oxygen atoms in total. The number of nitrogens with one attached hydrogen (secondary N) is 1. The van der Waals surface area contributed by atoms with Crippen LogP contribution in [0, 0.1) is 12.8 Å². The van der Waals surface area contributed by atoms with E-state index in [9.17, 15) is 9.59 Å². The van der Waals surface area contributed by atoms with E-state index in [-0.39, 0.29) is 17.7 Å². The van der Waals surface area contributed by atoms with Gasteiger partial charge in [0.25, 0.3) is 5.91 Å². The summed E-state index contributed by atoms with van der Waals surface area (Å²) in [6.45, 7) is 3.16. The van der Waals surface area contributed by atoms with Gasteiger partial charge in [-0.25, -0.2) is 0 Å². The smallest absolute Gasteiger partial charge is 0.253 e. The number of carbonyl (C=O) groups is 2. The third-order valence-electron chi connectivity index (χ3n) is 4.55. The quantitative estimate of drug-likeness (QED) is 0.898. The zero-order chi connectivity index (χ0) is 17.8. The highest BCUT2D eigenvalue weighted by molar-refractivity contribution is 6.33. The van der Waals surface area contributed by atoms with Crippen LogP contribution in [0.3, 0.4) is 0 Å². The second-order valence-corrected chi connectivity index (χ2v) is 6.81. The molecule has 0 aromatic heterocycles. The van der Waals surface area contributed by atoms with Crippen molar-refractivity contribution < 1.29 is 9.59 Å². The average molecular weight is 357 g/mol. The third kappa shape index (κ3) is 4.20. The van der Waals surface area contributed by atoms with Crippen LogP contribution < -0.4 is 5.32 Å². The average Bonchev–Trinajstić information content (AvgIpc) is 2.63. The fraction of sp³-hybridized carbons (Fsp3) is 0.300. The zero-order valence-corrected chi connectivity index (χ0v) is 14.9. The Labute approximate surface area is 152 Å². The number of likely N-dealkylation sites (tertiary alicyclic amines) is 1. The molecule has 2 aromatic carbocycles. The van der Waals surface area contributed by atoms with Gasteiger partial charge >= 0.3 is 0 Å². The summed E-state index contributed by atoms with van der Waals surface area (Å²) in [6, 6.07) is 14.8. The number of aryl methyl sites for hydroxylation is 1. The lowest BCUT2D eigenvalue weighted by Gasteiger charge is -2.31. The molecule has 1 aliphatic heterocycles. The molecule has 0 aliphatic carbocycles. The number of hydrogen-bond donors (Lipinski definition) is 1. The molecule has 1 fully saturated rings. The molecular formula is C20H21ClN2O2. The van der Waals surface area contributed by atoms with Crippen molar-refractivity contribution in [3.05, 3.63) is 64.7 Å². The van der Waals surface area contributed by atoms with Gasteiger partial charge in [-0.3, -0.25) is 9.59 Å². The molecule has 0 unspecified atom stereocenters. The van der Waals surface area contributed by atoms with Gasteiger partial charge in [-0.2, -0.15) is 0 Å². The van der Waals surface area contributed by atoms with Crippen LogP contribution in [-0.2, 0) is 4.79 Å². The van der Waals surface area contributed by atoms with E-state index in [0.717, 1.165) is 5.56 Å². The molecule has 1 aliphatic rings. The maximum Gasteiger partial charge on any atom is 0.253 e. The van der Waals surface area contributed by atoms with Crippen LogP contribution in [0.25, 0.3) is 0 Å². The number of anilines is 1. The first kappa shape index (κ1) is 17.5. The van der Waals surface area contributed by atoms with E-state index in [0.29, 0.717) is 42.2 Å². The molecule has 2 aromatic rings. The molecule has 1 heterocycles. The number of rotatable bonds is 3.